The van der Waals surface area contributed by atoms with Gasteiger partial charge in [0.15, 0.2) is 5.75 Å². The summed E-state index contributed by atoms with van der Waals surface area (Å²) < 4.78 is 6.12. The van der Waals surface area contributed by atoms with Crippen molar-refractivity contribution in [3.8, 4) is 5.75 Å². The summed E-state index contributed by atoms with van der Waals surface area (Å²) in [6, 6.07) is 4.71. The van der Waals surface area contributed by atoms with Crippen LogP contribution >= 0.6 is 15.9 Å². The van der Waals surface area contributed by atoms with E-state index in [1.807, 2.05) is 0 Å². The molecule has 0 aliphatic rings. The molecule has 0 saturated heterocycles. The van der Waals surface area contributed by atoms with Gasteiger partial charge in [-0.05, 0) is 38.5 Å². The van der Waals surface area contributed by atoms with Crippen molar-refractivity contribution in [3.63, 3.8) is 0 Å². The molecule has 0 amide bonds. The molecule has 0 aliphatic heterocycles. The van der Waals surface area contributed by atoms with Crippen LogP contribution in [0.15, 0.2) is 34.8 Å². The lowest BCUT2D eigenvalue weighted by molar-refractivity contribution is -0.385. The number of nitrogens with zero attached hydrogens (tertiary/aromatic N) is 1. The fraction of sp³-hybridized carbons (Fsp3) is 0.429. The first-order valence-corrected chi connectivity index (χ1v) is 6.97. The Morgan fingerprint density at radius 3 is 2.70 bits per heavy atom. The Morgan fingerprint density at radius 2 is 2.15 bits per heavy atom. The first-order chi connectivity index (χ1) is 9.19. The van der Waals surface area contributed by atoms with E-state index in [0.29, 0.717) is 11.0 Å². The molecular formula is C14H19BrN2O3. The zero-order valence-electron chi connectivity index (χ0n) is 11.9. The number of nitrogens with one attached hydrogen (secondary N) is 1. The van der Waals surface area contributed by atoms with Crippen LogP contribution in [0.4, 0.5) is 5.69 Å². The molecule has 1 aromatic carbocycles. The van der Waals surface area contributed by atoms with E-state index in [-0.39, 0.29) is 23.6 Å². The topological polar surface area (TPSA) is 64.4 Å². The van der Waals surface area contributed by atoms with Crippen LogP contribution in [0.2, 0.25) is 0 Å². The van der Waals surface area contributed by atoms with Crippen molar-refractivity contribution in [2.45, 2.75) is 26.3 Å². The Labute approximate surface area is 127 Å². The molecule has 1 N–H and O–H groups in total. The number of hydrogen-bond donors (Lipinski definition) is 1. The minimum atomic E-state index is -0.462. The van der Waals surface area contributed by atoms with Crippen molar-refractivity contribution in [2.24, 2.45) is 0 Å². The van der Waals surface area contributed by atoms with Gasteiger partial charge in [0.1, 0.15) is 6.61 Å². The molecule has 1 aromatic rings. The summed E-state index contributed by atoms with van der Waals surface area (Å²) in [6.45, 7) is 10.9. The molecule has 6 heteroatoms. The monoisotopic (exact) mass is 342 g/mol. The van der Waals surface area contributed by atoms with Crippen molar-refractivity contribution in [1.82, 2.24) is 5.32 Å². The second-order valence-corrected chi connectivity index (χ2v) is 6.43. The molecule has 0 spiro atoms. The molecule has 0 radical (unpaired) electrons. The third-order valence-electron chi connectivity index (χ3n) is 2.42. The van der Waals surface area contributed by atoms with Crippen LogP contribution < -0.4 is 10.1 Å². The van der Waals surface area contributed by atoms with Gasteiger partial charge in [0, 0.05) is 22.6 Å². The zero-order chi connectivity index (χ0) is 15.3. The van der Waals surface area contributed by atoms with E-state index in [0.717, 1.165) is 5.57 Å². The molecule has 0 bridgehead atoms. The molecule has 0 atom stereocenters. The Balaban J connectivity index is 2.62. The largest absolute Gasteiger partial charge is 0.482 e. The van der Waals surface area contributed by atoms with Gasteiger partial charge in [0.05, 0.1) is 4.92 Å². The zero-order valence-corrected chi connectivity index (χ0v) is 13.5. The first-order valence-electron chi connectivity index (χ1n) is 6.17. The summed E-state index contributed by atoms with van der Waals surface area (Å²) >= 11 is 3.20. The number of ether oxygens (including phenoxy) is 1. The maximum Gasteiger partial charge on any atom is 0.312 e. The molecule has 20 heavy (non-hydrogen) atoms. The second-order valence-electron chi connectivity index (χ2n) is 5.51. The van der Waals surface area contributed by atoms with E-state index in [4.69, 9.17) is 4.74 Å². The number of benzene rings is 1. The van der Waals surface area contributed by atoms with E-state index >= 15 is 0 Å². The van der Waals surface area contributed by atoms with Crippen LogP contribution in [0.3, 0.4) is 0 Å². The summed E-state index contributed by atoms with van der Waals surface area (Å²) in [5.41, 5.74) is 0.764. The quantitative estimate of drug-likeness (QED) is 0.486. The lowest BCUT2D eigenvalue weighted by Crippen LogP contribution is -2.37. The van der Waals surface area contributed by atoms with Crippen molar-refractivity contribution < 1.29 is 9.66 Å². The third-order valence-corrected chi connectivity index (χ3v) is 2.91. The maximum atomic E-state index is 10.9. The fourth-order valence-electron chi connectivity index (χ4n) is 1.38. The van der Waals surface area contributed by atoms with Gasteiger partial charge in [-0.2, -0.15) is 0 Å². The molecule has 0 aliphatic carbocycles. The summed E-state index contributed by atoms with van der Waals surface area (Å²) in [6.07, 6.45) is 0. The molecule has 0 saturated carbocycles. The van der Waals surface area contributed by atoms with Gasteiger partial charge in [0.2, 0.25) is 0 Å². The summed E-state index contributed by atoms with van der Waals surface area (Å²) in [5.74, 6) is 0.245. The fourth-order valence-corrected chi connectivity index (χ4v) is 1.73. The summed E-state index contributed by atoms with van der Waals surface area (Å²) in [5, 5.41) is 14.2. The van der Waals surface area contributed by atoms with Crippen LogP contribution in [0, 0.1) is 10.1 Å². The Hall–Kier alpha value is -1.40. The molecule has 0 fully saturated rings. The third kappa shape index (κ3) is 5.71. The Kier molecular flexibility index (Phi) is 5.71. The van der Waals surface area contributed by atoms with Crippen molar-refractivity contribution in [1.29, 1.82) is 0 Å². The minimum Gasteiger partial charge on any atom is -0.482 e. The highest BCUT2D eigenvalue weighted by Gasteiger charge is 2.16. The number of nitro benzene ring substituents is 1. The van der Waals surface area contributed by atoms with E-state index in [2.05, 4.69) is 48.6 Å². The van der Waals surface area contributed by atoms with Crippen LogP contribution in [0.1, 0.15) is 20.8 Å². The lowest BCUT2D eigenvalue weighted by atomic mass is 10.1. The van der Waals surface area contributed by atoms with Crippen LogP contribution in [-0.4, -0.2) is 23.6 Å². The van der Waals surface area contributed by atoms with Crippen LogP contribution in [-0.2, 0) is 0 Å². The average molecular weight is 343 g/mol. The van der Waals surface area contributed by atoms with Gasteiger partial charge in [-0.3, -0.25) is 10.1 Å². The highest BCUT2D eigenvalue weighted by molar-refractivity contribution is 9.10. The molecule has 1 rings (SSSR count). The molecular weight excluding hydrogens is 324 g/mol. The highest BCUT2D eigenvalue weighted by Crippen LogP contribution is 2.30. The van der Waals surface area contributed by atoms with Gasteiger partial charge in [-0.15, -0.1) is 0 Å². The standard InChI is InChI=1S/C14H19BrN2O3/c1-10(8-16-14(2,3)4)9-20-13-6-5-11(15)7-12(13)17(18)19/h5-7,16H,1,8-9H2,2-4H3. The van der Waals surface area contributed by atoms with Gasteiger partial charge in [0.25, 0.3) is 0 Å². The number of nitro groups is 1. The predicted molar refractivity (Wildman–Crippen MR) is 83.2 cm³/mol. The van der Waals surface area contributed by atoms with Gasteiger partial charge in [-0.25, -0.2) is 0 Å². The predicted octanol–water partition coefficient (Wildman–Crippen LogP) is 3.68. The molecule has 0 unspecified atom stereocenters. The van der Waals surface area contributed by atoms with Crippen LogP contribution in [0.5, 0.6) is 5.75 Å². The highest BCUT2D eigenvalue weighted by atomic mass is 79.9. The van der Waals surface area contributed by atoms with Crippen molar-refractivity contribution in [2.75, 3.05) is 13.2 Å². The molecule has 5 nitrogen and oxygen atoms in total. The smallest absolute Gasteiger partial charge is 0.312 e. The Morgan fingerprint density at radius 1 is 1.50 bits per heavy atom. The number of hydrogen-bond acceptors (Lipinski definition) is 4. The average Bonchev–Trinajstić information content (AvgIpc) is 2.33. The number of rotatable bonds is 6. The lowest BCUT2D eigenvalue weighted by Gasteiger charge is -2.21. The normalized spacial score (nSPS) is 11.2. The molecule has 110 valence electrons. The Bertz CT molecular complexity index is 510. The van der Waals surface area contributed by atoms with Gasteiger partial charge in [-0.1, -0.05) is 22.5 Å². The van der Waals surface area contributed by atoms with Crippen molar-refractivity contribution in [3.05, 3.63) is 44.9 Å². The maximum absolute atomic E-state index is 10.9. The van der Waals surface area contributed by atoms with Gasteiger partial charge < -0.3 is 10.1 Å². The second kappa shape index (κ2) is 6.85. The number of halogens is 1. The minimum absolute atomic E-state index is 0.00739. The van der Waals surface area contributed by atoms with Gasteiger partial charge >= 0.3 is 5.69 Å². The summed E-state index contributed by atoms with van der Waals surface area (Å²) in [4.78, 5) is 10.5. The van der Waals surface area contributed by atoms with E-state index in [9.17, 15) is 10.1 Å². The summed E-state index contributed by atoms with van der Waals surface area (Å²) in [7, 11) is 0. The molecule has 0 heterocycles. The van der Waals surface area contributed by atoms with E-state index in [1.165, 1.54) is 6.07 Å². The van der Waals surface area contributed by atoms with E-state index < -0.39 is 4.92 Å². The van der Waals surface area contributed by atoms with Crippen LogP contribution in [0.25, 0.3) is 0 Å². The molecule has 0 aromatic heterocycles. The first kappa shape index (κ1) is 16.7. The van der Waals surface area contributed by atoms with E-state index in [1.54, 1.807) is 12.1 Å². The van der Waals surface area contributed by atoms with Crippen molar-refractivity contribution >= 4 is 21.6 Å². The SMILES string of the molecule is C=C(CNC(C)(C)C)COc1ccc(Br)cc1[N+](=O)[O-].